The number of hydrogen-bond acceptors (Lipinski definition) is 4. The average molecular weight is 293 g/mol. The molecule has 0 aromatic carbocycles. The minimum atomic E-state index is -3.67. The van der Waals surface area contributed by atoms with Crippen LogP contribution >= 0.6 is 11.6 Å². The van der Waals surface area contributed by atoms with E-state index in [-0.39, 0.29) is 22.6 Å². The van der Waals surface area contributed by atoms with E-state index in [1.807, 2.05) is 13.8 Å². The number of sulfonamides is 1. The van der Waals surface area contributed by atoms with Crippen molar-refractivity contribution in [3.63, 3.8) is 0 Å². The molecule has 0 aliphatic carbocycles. The van der Waals surface area contributed by atoms with Crippen molar-refractivity contribution in [2.24, 2.45) is 5.92 Å². The van der Waals surface area contributed by atoms with Crippen molar-refractivity contribution in [1.82, 2.24) is 9.71 Å². The number of hydrogen-bond donors (Lipinski definition) is 2. The molecule has 0 aliphatic rings. The van der Waals surface area contributed by atoms with E-state index >= 15 is 0 Å². The summed E-state index contributed by atoms with van der Waals surface area (Å²) in [6.45, 7) is 3.68. The van der Waals surface area contributed by atoms with Gasteiger partial charge in [0.25, 0.3) is 0 Å². The second-order valence-electron chi connectivity index (χ2n) is 4.45. The highest BCUT2D eigenvalue weighted by atomic mass is 35.5. The molecule has 0 radical (unpaired) electrons. The summed E-state index contributed by atoms with van der Waals surface area (Å²) in [6.07, 6.45) is 1.76. The Hall–Kier alpha value is -0.690. The van der Waals surface area contributed by atoms with Crippen LogP contribution in [0.3, 0.4) is 0 Å². The van der Waals surface area contributed by atoms with Crippen LogP contribution < -0.4 is 4.72 Å². The van der Waals surface area contributed by atoms with Gasteiger partial charge in [0.15, 0.2) is 0 Å². The van der Waals surface area contributed by atoms with Gasteiger partial charge in [-0.25, -0.2) is 18.1 Å². The van der Waals surface area contributed by atoms with E-state index in [1.165, 1.54) is 18.3 Å². The van der Waals surface area contributed by atoms with Crippen LogP contribution in [-0.4, -0.2) is 31.2 Å². The molecule has 0 bridgehead atoms. The largest absolute Gasteiger partial charge is 0.395 e. The first kappa shape index (κ1) is 15.4. The number of aromatic nitrogens is 1. The standard InChI is InChI=1S/C11H17ClN2O3S/c1-8(2)5-9(7-15)14-18(16,17)10-3-4-11(12)13-6-10/h3-4,6,8-9,14-15H,5,7H2,1-2H3. The lowest BCUT2D eigenvalue weighted by molar-refractivity contribution is 0.240. The number of pyridine rings is 1. The Morgan fingerprint density at radius 1 is 1.44 bits per heavy atom. The van der Waals surface area contributed by atoms with Crippen LogP contribution in [-0.2, 0) is 10.0 Å². The molecule has 0 fully saturated rings. The van der Waals surface area contributed by atoms with E-state index in [2.05, 4.69) is 9.71 Å². The molecule has 1 aromatic heterocycles. The lowest BCUT2D eigenvalue weighted by atomic mass is 10.1. The number of rotatable bonds is 6. The van der Waals surface area contributed by atoms with Crippen LogP contribution in [0.15, 0.2) is 23.2 Å². The summed E-state index contributed by atoms with van der Waals surface area (Å²) in [7, 11) is -3.67. The smallest absolute Gasteiger partial charge is 0.242 e. The SMILES string of the molecule is CC(C)CC(CO)NS(=O)(=O)c1ccc(Cl)nc1. The summed E-state index contributed by atoms with van der Waals surface area (Å²) in [5.41, 5.74) is 0. The number of aliphatic hydroxyl groups excluding tert-OH is 1. The first-order valence-corrected chi connectivity index (χ1v) is 7.46. The van der Waals surface area contributed by atoms with Gasteiger partial charge >= 0.3 is 0 Å². The lowest BCUT2D eigenvalue weighted by Crippen LogP contribution is -2.38. The first-order chi connectivity index (χ1) is 8.35. The molecular formula is C11H17ClN2O3S. The zero-order valence-electron chi connectivity index (χ0n) is 10.3. The Bertz CT molecular complexity index is 474. The highest BCUT2D eigenvalue weighted by molar-refractivity contribution is 7.89. The Balaban J connectivity index is 2.83. The highest BCUT2D eigenvalue weighted by Gasteiger charge is 2.20. The topological polar surface area (TPSA) is 79.3 Å². The fourth-order valence-electron chi connectivity index (χ4n) is 1.54. The van der Waals surface area contributed by atoms with Crippen molar-refractivity contribution in [2.45, 2.75) is 31.2 Å². The van der Waals surface area contributed by atoms with Crippen molar-refractivity contribution < 1.29 is 13.5 Å². The number of aliphatic hydroxyl groups is 1. The molecule has 0 spiro atoms. The van der Waals surface area contributed by atoms with E-state index in [1.54, 1.807) is 0 Å². The molecule has 1 aromatic rings. The minimum Gasteiger partial charge on any atom is -0.395 e. The second-order valence-corrected chi connectivity index (χ2v) is 6.55. The van der Waals surface area contributed by atoms with Crippen molar-refractivity contribution in [2.75, 3.05) is 6.61 Å². The third-order valence-corrected chi connectivity index (χ3v) is 4.04. The zero-order valence-corrected chi connectivity index (χ0v) is 11.9. The molecule has 5 nitrogen and oxygen atoms in total. The molecule has 1 heterocycles. The van der Waals surface area contributed by atoms with Gasteiger partial charge in [-0.05, 0) is 24.5 Å². The van der Waals surface area contributed by atoms with Crippen molar-refractivity contribution in [3.05, 3.63) is 23.5 Å². The summed E-state index contributed by atoms with van der Waals surface area (Å²) in [4.78, 5) is 3.76. The van der Waals surface area contributed by atoms with Crippen LogP contribution in [0, 0.1) is 5.92 Å². The Morgan fingerprint density at radius 3 is 2.56 bits per heavy atom. The summed E-state index contributed by atoms with van der Waals surface area (Å²) in [5.74, 6) is 0.285. The van der Waals surface area contributed by atoms with Gasteiger partial charge in [-0.15, -0.1) is 0 Å². The highest BCUT2D eigenvalue weighted by Crippen LogP contribution is 2.13. The summed E-state index contributed by atoms with van der Waals surface area (Å²) in [6, 6.07) is 2.29. The fraction of sp³-hybridized carbons (Fsp3) is 0.545. The lowest BCUT2D eigenvalue weighted by Gasteiger charge is -2.18. The van der Waals surface area contributed by atoms with Crippen molar-refractivity contribution in [3.8, 4) is 0 Å². The molecule has 7 heteroatoms. The van der Waals surface area contributed by atoms with Crippen molar-refractivity contribution >= 4 is 21.6 Å². The minimum absolute atomic E-state index is 0.0362. The predicted molar refractivity (Wildman–Crippen MR) is 69.9 cm³/mol. The molecule has 18 heavy (non-hydrogen) atoms. The van der Waals surface area contributed by atoms with E-state index < -0.39 is 16.1 Å². The van der Waals surface area contributed by atoms with Gasteiger partial charge in [-0.2, -0.15) is 0 Å². The third kappa shape index (κ3) is 4.53. The molecule has 1 unspecified atom stereocenters. The number of halogens is 1. The van der Waals surface area contributed by atoms with Crippen LogP contribution in [0.2, 0.25) is 5.15 Å². The van der Waals surface area contributed by atoms with Gasteiger partial charge in [-0.1, -0.05) is 25.4 Å². The molecular weight excluding hydrogens is 276 g/mol. The van der Waals surface area contributed by atoms with Crippen molar-refractivity contribution in [1.29, 1.82) is 0 Å². The average Bonchev–Trinajstić information content (AvgIpc) is 2.27. The first-order valence-electron chi connectivity index (χ1n) is 5.60. The van der Waals surface area contributed by atoms with E-state index in [0.717, 1.165) is 0 Å². The predicted octanol–water partition coefficient (Wildman–Crippen LogP) is 1.42. The van der Waals surface area contributed by atoms with E-state index in [9.17, 15) is 8.42 Å². The van der Waals surface area contributed by atoms with Gasteiger partial charge in [0.2, 0.25) is 10.0 Å². The van der Waals surface area contributed by atoms with E-state index in [0.29, 0.717) is 6.42 Å². The number of nitrogens with zero attached hydrogens (tertiary/aromatic N) is 1. The maximum Gasteiger partial charge on any atom is 0.242 e. The molecule has 0 aliphatic heterocycles. The molecule has 1 rings (SSSR count). The molecule has 0 amide bonds. The van der Waals surface area contributed by atoms with Crippen LogP contribution in [0.5, 0.6) is 0 Å². The Morgan fingerprint density at radius 2 is 2.11 bits per heavy atom. The molecule has 2 N–H and O–H groups in total. The molecule has 0 saturated carbocycles. The Labute approximate surface area is 112 Å². The normalized spacial score (nSPS) is 13.8. The molecule has 102 valence electrons. The third-order valence-electron chi connectivity index (χ3n) is 2.31. The summed E-state index contributed by atoms with van der Waals surface area (Å²) in [5, 5.41) is 9.40. The van der Waals surface area contributed by atoms with Gasteiger partial charge in [0.05, 0.1) is 6.61 Å². The quantitative estimate of drug-likeness (QED) is 0.777. The number of nitrogens with one attached hydrogen (secondary N) is 1. The maximum atomic E-state index is 12.0. The maximum absolute atomic E-state index is 12.0. The van der Waals surface area contributed by atoms with Crippen LogP contribution in [0.1, 0.15) is 20.3 Å². The van der Waals surface area contributed by atoms with E-state index in [4.69, 9.17) is 16.7 Å². The monoisotopic (exact) mass is 292 g/mol. The second kappa shape index (κ2) is 6.47. The summed E-state index contributed by atoms with van der Waals surface area (Å²) >= 11 is 5.60. The van der Waals surface area contributed by atoms with Crippen LogP contribution in [0.25, 0.3) is 0 Å². The van der Waals surface area contributed by atoms with Gasteiger partial charge in [0.1, 0.15) is 10.0 Å². The Kier molecular flexibility index (Phi) is 5.52. The summed E-state index contributed by atoms with van der Waals surface area (Å²) < 4.78 is 26.4. The fourth-order valence-corrected chi connectivity index (χ4v) is 2.83. The van der Waals surface area contributed by atoms with Gasteiger partial charge in [-0.3, -0.25) is 0 Å². The van der Waals surface area contributed by atoms with Gasteiger partial charge < -0.3 is 5.11 Å². The van der Waals surface area contributed by atoms with Crippen LogP contribution in [0.4, 0.5) is 0 Å². The molecule has 1 atom stereocenters. The molecule has 0 saturated heterocycles. The zero-order chi connectivity index (χ0) is 13.8. The van der Waals surface area contributed by atoms with Gasteiger partial charge in [0, 0.05) is 12.2 Å².